The van der Waals surface area contributed by atoms with Gasteiger partial charge in [0.05, 0.1) is 12.2 Å². The van der Waals surface area contributed by atoms with Gasteiger partial charge in [-0.25, -0.2) is 0 Å². The van der Waals surface area contributed by atoms with Crippen LogP contribution in [0.4, 0.5) is 0 Å². The molecule has 3 atom stereocenters. The zero-order valence-electron chi connectivity index (χ0n) is 11.9. The molecule has 1 aliphatic rings. The molecule has 3 unspecified atom stereocenters. The van der Waals surface area contributed by atoms with E-state index >= 15 is 0 Å². The Hall–Kier alpha value is -0.650. The lowest BCUT2D eigenvalue weighted by Crippen LogP contribution is -2.60. The summed E-state index contributed by atoms with van der Waals surface area (Å²) in [4.78, 5) is 11.5. The second kappa shape index (κ2) is 7.71. The Kier molecular flexibility index (Phi) is 6.60. The summed E-state index contributed by atoms with van der Waals surface area (Å²) in [7, 11) is 1.70. The van der Waals surface area contributed by atoms with E-state index in [1.807, 2.05) is 20.8 Å². The predicted octanol–water partition coefficient (Wildman–Crippen LogP) is 0.683. The predicted molar refractivity (Wildman–Crippen MR) is 70.5 cm³/mol. The van der Waals surface area contributed by atoms with E-state index in [9.17, 15) is 4.79 Å². The van der Waals surface area contributed by atoms with Crippen LogP contribution in [0.1, 0.15) is 33.6 Å². The fourth-order valence-electron chi connectivity index (χ4n) is 2.24. The van der Waals surface area contributed by atoms with Crippen LogP contribution in [-0.4, -0.2) is 50.5 Å². The molecule has 18 heavy (non-hydrogen) atoms. The van der Waals surface area contributed by atoms with Gasteiger partial charge in [0.1, 0.15) is 0 Å². The molecule has 1 saturated carbocycles. The summed E-state index contributed by atoms with van der Waals surface area (Å²) in [5.41, 5.74) is 0. The van der Waals surface area contributed by atoms with Crippen LogP contribution in [0.25, 0.3) is 0 Å². The quantitative estimate of drug-likeness (QED) is 0.672. The fourth-order valence-corrected chi connectivity index (χ4v) is 2.24. The van der Waals surface area contributed by atoms with E-state index in [2.05, 4.69) is 10.6 Å². The molecule has 0 aromatic carbocycles. The number of methoxy groups -OCH3 is 1. The fraction of sp³-hybridized carbons (Fsp3) is 0.923. The molecule has 106 valence electrons. The zero-order chi connectivity index (χ0) is 13.5. The first kappa shape index (κ1) is 15.4. The van der Waals surface area contributed by atoms with Gasteiger partial charge in [0.15, 0.2) is 0 Å². The van der Waals surface area contributed by atoms with Crippen molar-refractivity contribution in [3.8, 4) is 0 Å². The molecule has 5 heteroatoms. The van der Waals surface area contributed by atoms with Gasteiger partial charge in [-0.05, 0) is 27.2 Å². The molecule has 2 N–H and O–H groups in total. The van der Waals surface area contributed by atoms with Crippen LogP contribution >= 0.6 is 0 Å². The molecular formula is C13H26N2O3. The van der Waals surface area contributed by atoms with E-state index < -0.39 is 0 Å². The largest absolute Gasteiger partial charge is 0.377 e. The maximum absolute atomic E-state index is 11.5. The third-order valence-electron chi connectivity index (χ3n) is 3.11. The SMILES string of the molecule is CCOC1CC(NCCC(=O)NC(C)C)C1OC. The molecular weight excluding hydrogens is 232 g/mol. The first-order valence-electron chi connectivity index (χ1n) is 6.75. The van der Waals surface area contributed by atoms with Crippen LogP contribution in [0, 0.1) is 0 Å². The van der Waals surface area contributed by atoms with Crippen molar-refractivity contribution in [2.24, 2.45) is 0 Å². The van der Waals surface area contributed by atoms with E-state index in [4.69, 9.17) is 9.47 Å². The third kappa shape index (κ3) is 4.55. The maximum Gasteiger partial charge on any atom is 0.221 e. The maximum atomic E-state index is 11.5. The lowest BCUT2D eigenvalue weighted by atomic mass is 9.85. The van der Waals surface area contributed by atoms with Crippen LogP contribution in [0.3, 0.4) is 0 Å². The van der Waals surface area contributed by atoms with E-state index in [1.165, 1.54) is 0 Å². The number of rotatable bonds is 8. The van der Waals surface area contributed by atoms with E-state index in [-0.39, 0.29) is 24.2 Å². The highest BCUT2D eigenvalue weighted by Crippen LogP contribution is 2.26. The Morgan fingerprint density at radius 1 is 1.44 bits per heavy atom. The van der Waals surface area contributed by atoms with Crippen molar-refractivity contribution in [2.45, 2.75) is 57.9 Å². The van der Waals surface area contributed by atoms with Crippen molar-refractivity contribution in [3.05, 3.63) is 0 Å². The molecule has 0 heterocycles. The van der Waals surface area contributed by atoms with Crippen molar-refractivity contribution in [2.75, 3.05) is 20.3 Å². The first-order valence-corrected chi connectivity index (χ1v) is 6.75. The number of nitrogens with one attached hydrogen (secondary N) is 2. The minimum Gasteiger partial charge on any atom is -0.377 e. The van der Waals surface area contributed by atoms with Crippen molar-refractivity contribution in [3.63, 3.8) is 0 Å². The molecule has 0 aromatic heterocycles. The molecule has 1 aliphatic carbocycles. The molecule has 1 rings (SSSR count). The highest BCUT2D eigenvalue weighted by atomic mass is 16.5. The van der Waals surface area contributed by atoms with Crippen molar-refractivity contribution >= 4 is 5.91 Å². The highest BCUT2D eigenvalue weighted by molar-refractivity contribution is 5.76. The number of carbonyl (C=O) groups is 1. The second-order valence-corrected chi connectivity index (χ2v) is 4.96. The molecule has 0 saturated heterocycles. The second-order valence-electron chi connectivity index (χ2n) is 4.96. The zero-order valence-corrected chi connectivity index (χ0v) is 11.9. The van der Waals surface area contributed by atoms with Gasteiger partial charge < -0.3 is 20.1 Å². The Morgan fingerprint density at radius 3 is 2.72 bits per heavy atom. The number of amides is 1. The van der Waals surface area contributed by atoms with Gasteiger partial charge in [-0.15, -0.1) is 0 Å². The van der Waals surface area contributed by atoms with Gasteiger partial charge in [0, 0.05) is 38.8 Å². The van der Waals surface area contributed by atoms with Crippen LogP contribution in [0.15, 0.2) is 0 Å². The topological polar surface area (TPSA) is 59.6 Å². The summed E-state index contributed by atoms with van der Waals surface area (Å²) >= 11 is 0. The lowest BCUT2D eigenvalue weighted by molar-refractivity contribution is -0.132. The third-order valence-corrected chi connectivity index (χ3v) is 3.11. The Morgan fingerprint density at radius 2 is 2.17 bits per heavy atom. The molecule has 0 spiro atoms. The normalized spacial score (nSPS) is 27.1. The number of hydrogen-bond donors (Lipinski definition) is 2. The van der Waals surface area contributed by atoms with Gasteiger partial charge in [0.25, 0.3) is 0 Å². The summed E-state index contributed by atoms with van der Waals surface area (Å²) in [6.07, 6.45) is 1.77. The smallest absolute Gasteiger partial charge is 0.221 e. The summed E-state index contributed by atoms with van der Waals surface area (Å²) in [6, 6.07) is 0.508. The molecule has 0 radical (unpaired) electrons. The summed E-state index contributed by atoms with van der Waals surface area (Å²) in [6.45, 7) is 7.31. The number of hydrogen-bond acceptors (Lipinski definition) is 4. The average Bonchev–Trinajstić information content (AvgIpc) is 2.26. The van der Waals surface area contributed by atoms with E-state index in [0.29, 0.717) is 25.6 Å². The Labute approximate surface area is 110 Å². The molecule has 1 amide bonds. The van der Waals surface area contributed by atoms with Gasteiger partial charge in [-0.1, -0.05) is 0 Å². The standard InChI is InChI=1S/C13H26N2O3/c1-5-18-11-8-10(13(11)17-4)14-7-6-12(16)15-9(2)3/h9-11,13-14H,5-8H2,1-4H3,(H,15,16). The van der Waals surface area contributed by atoms with Gasteiger partial charge in [-0.3, -0.25) is 4.79 Å². The van der Waals surface area contributed by atoms with Crippen LogP contribution < -0.4 is 10.6 Å². The Bertz CT molecular complexity index is 259. The minimum atomic E-state index is 0.0900. The van der Waals surface area contributed by atoms with Crippen molar-refractivity contribution < 1.29 is 14.3 Å². The lowest BCUT2D eigenvalue weighted by Gasteiger charge is -2.43. The van der Waals surface area contributed by atoms with Crippen LogP contribution in [0.5, 0.6) is 0 Å². The molecule has 1 fully saturated rings. The minimum absolute atomic E-state index is 0.0900. The van der Waals surface area contributed by atoms with Gasteiger partial charge >= 0.3 is 0 Å². The first-order chi connectivity index (χ1) is 8.58. The summed E-state index contributed by atoms with van der Waals surface area (Å²) in [5, 5.41) is 6.22. The van der Waals surface area contributed by atoms with Gasteiger partial charge in [-0.2, -0.15) is 0 Å². The molecule has 0 aliphatic heterocycles. The van der Waals surface area contributed by atoms with Crippen molar-refractivity contribution in [1.29, 1.82) is 0 Å². The van der Waals surface area contributed by atoms with Crippen molar-refractivity contribution in [1.82, 2.24) is 10.6 Å². The van der Waals surface area contributed by atoms with Crippen LogP contribution in [-0.2, 0) is 14.3 Å². The number of carbonyl (C=O) groups excluding carboxylic acids is 1. The summed E-state index contributed by atoms with van der Waals surface area (Å²) < 4.78 is 10.9. The monoisotopic (exact) mass is 258 g/mol. The molecule has 0 aromatic rings. The van der Waals surface area contributed by atoms with E-state index in [1.54, 1.807) is 7.11 Å². The average molecular weight is 258 g/mol. The Balaban J connectivity index is 2.15. The number of ether oxygens (including phenoxy) is 2. The van der Waals surface area contributed by atoms with Gasteiger partial charge in [0.2, 0.25) is 5.91 Å². The molecule has 0 bridgehead atoms. The van der Waals surface area contributed by atoms with Crippen LogP contribution in [0.2, 0.25) is 0 Å². The molecule has 5 nitrogen and oxygen atoms in total. The highest BCUT2D eigenvalue weighted by Gasteiger charge is 2.41. The van der Waals surface area contributed by atoms with E-state index in [0.717, 1.165) is 6.42 Å². The summed E-state index contributed by atoms with van der Waals surface area (Å²) in [5.74, 6) is 0.0900.